The molecule has 0 heterocycles. The Morgan fingerprint density at radius 3 is 1.39 bits per heavy atom. The van der Waals surface area contributed by atoms with Gasteiger partial charge in [0, 0.05) is 103 Å². The molecule has 56 heavy (non-hydrogen) atoms. The molecule has 0 saturated carbocycles. The second-order valence-electron chi connectivity index (χ2n) is 13.6. The van der Waals surface area contributed by atoms with E-state index in [9.17, 15) is 15.3 Å². The third kappa shape index (κ3) is 27.7. The Labute approximate surface area is 344 Å². The molecular formula is C37H85N5O12S2. The van der Waals surface area contributed by atoms with Crippen LogP contribution in [-0.4, -0.2) is 209 Å². The van der Waals surface area contributed by atoms with Crippen LogP contribution in [0.2, 0.25) is 0 Å². The predicted molar refractivity (Wildman–Crippen MR) is 228 cm³/mol. The van der Waals surface area contributed by atoms with Crippen LogP contribution in [0.5, 0.6) is 0 Å². The summed E-state index contributed by atoms with van der Waals surface area (Å²) in [6.07, 6.45) is 3.93. The first-order chi connectivity index (χ1) is 27.0. The summed E-state index contributed by atoms with van der Waals surface area (Å²) in [6, 6.07) is 0. The van der Waals surface area contributed by atoms with Crippen molar-refractivity contribution in [2.75, 3.05) is 166 Å². The molecule has 0 aromatic carbocycles. The SMILES string of the molecule is CCCCC(CC)COCC(O)CN(CCN)CCNCCNCCN(CC(O)COCCCS(OC)(OC)OC)CC(O)COCCCS(OC)(OC)OC. The minimum atomic E-state index is -2.05. The van der Waals surface area contributed by atoms with Crippen LogP contribution in [0.25, 0.3) is 0 Å². The zero-order valence-corrected chi connectivity index (χ0v) is 37.9. The lowest BCUT2D eigenvalue weighted by atomic mass is 10.0. The van der Waals surface area contributed by atoms with Crippen molar-refractivity contribution in [1.82, 2.24) is 20.4 Å². The van der Waals surface area contributed by atoms with Crippen LogP contribution < -0.4 is 16.4 Å². The minimum absolute atomic E-state index is 0.155. The van der Waals surface area contributed by atoms with Gasteiger partial charge in [-0.3, -0.25) is 34.9 Å². The van der Waals surface area contributed by atoms with Crippen molar-refractivity contribution in [3.05, 3.63) is 0 Å². The van der Waals surface area contributed by atoms with Crippen LogP contribution in [0.15, 0.2) is 0 Å². The molecule has 0 saturated heterocycles. The van der Waals surface area contributed by atoms with Crippen LogP contribution in [0, 0.1) is 5.92 Å². The fourth-order valence-electron chi connectivity index (χ4n) is 5.98. The highest BCUT2D eigenvalue weighted by atomic mass is 32.3. The lowest BCUT2D eigenvalue weighted by molar-refractivity contribution is -0.00959. The highest BCUT2D eigenvalue weighted by Crippen LogP contribution is 2.50. The zero-order chi connectivity index (χ0) is 41.9. The Hall–Kier alpha value is 0.0200. The van der Waals surface area contributed by atoms with Gasteiger partial charge in [-0.25, -0.2) is 0 Å². The summed E-state index contributed by atoms with van der Waals surface area (Å²) in [5, 5.41) is 39.1. The Kier molecular flexibility index (Phi) is 36.8. The van der Waals surface area contributed by atoms with Gasteiger partial charge in [0.25, 0.3) is 0 Å². The van der Waals surface area contributed by atoms with E-state index in [2.05, 4.69) is 29.4 Å². The van der Waals surface area contributed by atoms with E-state index in [4.69, 9.17) is 45.0 Å². The zero-order valence-electron chi connectivity index (χ0n) is 36.3. The summed E-state index contributed by atoms with van der Waals surface area (Å²) in [4.78, 5) is 4.19. The number of aliphatic hydroxyl groups is 3. The molecule has 7 N–H and O–H groups in total. The first-order valence-corrected chi connectivity index (χ1v) is 23.5. The number of hydrogen-bond donors (Lipinski definition) is 6. The molecule has 0 amide bonds. The van der Waals surface area contributed by atoms with Gasteiger partial charge in [-0.05, 0) is 25.2 Å². The topological polar surface area (TPSA) is 200 Å². The number of nitrogens with zero attached hydrogens (tertiary/aromatic N) is 2. The van der Waals surface area contributed by atoms with E-state index in [-0.39, 0.29) is 13.2 Å². The van der Waals surface area contributed by atoms with Gasteiger partial charge in [0.1, 0.15) is 0 Å². The first-order valence-electron chi connectivity index (χ1n) is 20.3. The van der Waals surface area contributed by atoms with Gasteiger partial charge in [0.15, 0.2) is 0 Å². The Balaban J connectivity index is 4.74. The largest absolute Gasteiger partial charge is 0.389 e. The van der Waals surface area contributed by atoms with Crippen LogP contribution in [0.3, 0.4) is 0 Å². The van der Waals surface area contributed by atoms with Gasteiger partial charge in [0.2, 0.25) is 0 Å². The molecule has 0 spiro atoms. The fourth-order valence-corrected chi connectivity index (χ4v) is 8.74. The quantitative estimate of drug-likeness (QED) is 0.0485. The molecule has 0 aliphatic heterocycles. The van der Waals surface area contributed by atoms with Crippen molar-refractivity contribution in [2.24, 2.45) is 11.7 Å². The molecule has 19 heteroatoms. The molecule has 0 aromatic rings. The third-order valence-corrected chi connectivity index (χ3v) is 13.9. The highest BCUT2D eigenvalue weighted by molar-refractivity contribution is 8.22. The van der Waals surface area contributed by atoms with E-state index < -0.39 is 40.1 Å². The maximum absolute atomic E-state index is 10.8. The molecule has 342 valence electrons. The average molecular weight is 856 g/mol. The minimum Gasteiger partial charge on any atom is -0.389 e. The summed E-state index contributed by atoms with van der Waals surface area (Å²) in [6.45, 7) is 13.3. The Bertz CT molecular complexity index is 807. The van der Waals surface area contributed by atoms with Crippen molar-refractivity contribution in [2.45, 2.75) is 70.7 Å². The number of unbranched alkanes of at least 4 members (excludes halogenated alkanes) is 1. The second kappa shape index (κ2) is 36.8. The van der Waals surface area contributed by atoms with Crippen LogP contribution >= 0.6 is 21.7 Å². The number of nitrogens with one attached hydrogen (secondary N) is 2. The molecule has 0 rings (SSSR count). The maximum Gasteiger partial charge on any atom is 0.0900 e. The van der Waals surface area contributed by atoms with E-state index in [0.717, 1.165) is 32.6 Å². The number of nitrogens with two attached hydrogens (primary N) is 1. The van der Waals surface area contributed by atoms with Crippen LogP contribution in [0.4, 0.5) is 0 Å². The second-order valence-corrected chi connectivity index (χ2v) is 18.7. The molecule has 0 bridgehead atoms. The molecular weight excluding hydrogens is 771 g/mol. The van der Waals surface area contributed by atoms with Gasteiger partial charge in [-0.1, -0.05) is 33.1 Å². The van der Waals surface area contributed by atoms with E-state index >= 15 is 0 Å². The standard InChI is InChI=1S/C37H85N5O12S2/c1-9-11-14-34(10-2)30-54-33-35(43)27-41(20-15-38)21-18-39-16-17-40-19-22-42(28-36(44)31-52-23-12-25-55(46-3,47-4)48-5)29-37(45)32-53-24-13-26-56(49-6,50-7)51-8/h34-37,39-40,43-45H,9-33,38H2,1-8H3. The van der Waals surface area contributed by atoms with E-state index in [1.54, 1.807) is 42.7 Å². The third-order valence-electron chi connectivity index (χ3n) is 9.26. The van der Waals surface area contributed by atoms with Gasteiger partial charge in [-0.2, -0.15) is 0 Å². The summed E-state index contributed by atoms with van der Waals surface area (Å²) in [5.74, 6) is 1.66. The molecule has 4 atom stereocenters. The van der Waals surface area contributed by atoms with E-state index in [1.165, 1.54) is 19.3 Å². The number of ether oxygens (including phenoxy) is 3. The fraction of sp³-hybridized carbons (Fsp3) is 1.00. The predicted octanol–water partition coefficient (Wildman–Crippen LogP) is 1.84. The molecule has 17 nitrogen and oxygen atoms in total. The van der Waals surface area contributed by atoms with Gasteiger partial charge in [0.05, 0.1) is 103 Å². The van der Waals surface area contributed by atoms with Gasteiger partial charge < -0.3 is 45.9 Å². The molecule has 0 aromatic heterocycles. The number of rotatable bonds is 43. The molecule has 0 aliphatic rings. The summed E-state index contributed by atoms with van der Waals surface area (Å²) >= 11 is 0. The van der Waals surface area contributed by atoms with Crippen LogP contribution in [-0.2, 0) is 39.3 Å². The number of hydrogen-bond acceptors (Lipinski definition) is 17. The maximum atomic E-state index is 10.8. The Morgan fingerprint density at radius 2 is 0.982 bits per heavy atom. The highest BCUT2D eigenvalue weighted by Gasteiger charge is 2.24. The van der Waals surface area contributed by atoms with Crippen molar-refractivity contribution in [3.63, 3.8) is 0 Å². The van der Waals surface area contributed by atoms with Crippen LogP contribution in [0.1, 0.15) is 52.4 Å². The van der Waals surface area contributed by atoms with Crippen molar-refractivity contribution in [1.29, 1.82) is 0 Å². The van der Waals surface area contributed by atoms with Gasteiger partial charge in [-0.15, -0.1) is 0 Å². The first kappa shape index (κ1) is 56.0. The van der Waals surface area contributed by atoms with Crippen molar-refractivity contribution >= 4 is 21.7 Å². The van der Waals surface area contributed by atoms with Crippen molar-refractivity contribution in [3.8, 4) is 0 Å². The normalized spacial score (nSPS) is 15.5. The molecule has 0 radical (unpaired) electrons. The van der Waals surface area contributed by atoms with Gasteiger partial charge >= 0.3 is 0 Å². The number of aliphatic hydroxyl groups excluding tert-OH is 3. The Morgan fingerprint density at radius 1 is 0.554 bits per heavy atom. The van der Waals surface area contributed by atoms with Crippen molar-refractivity contribution < 1.29 is 54.6 Å². The molecule has 4 unspecified atom stereocenters. The lowest BCUT2D eigenvalue weighted by Crippen LogP contribution is -2.44. The smallest absolute Gasteiger partial charge is 0.0900 e. The van der Waals surface area contributed by atoms with E-state index in [1.807, 2.05) is 4.90 Å². The summed E-state index contributed by atoms with van der Waals surface area (Å²) < 4.78 is 49.8. The molecule has 0 fully saturated rings. The molecule has 0 aliphatic carbocycles. The summed E-state index contributed by atoms with van der Waals surface area (Å²) in [7, 11) is 5.26. The summed E-state index contributed by atoms with van der Waals surface area (Å²) in [5.41, 5.74) is 5.85. The average Bonchev–Trinajstić information content (AvgIpc) is 3.20. The van der Waals surface area contributed by atoms with E-state index in [0.29, 0.717) is 103 Å². The monoisotopic (exact) mass is 856 g/mol. The lowest BCUT2D eigenvalue weighted by Gasteiger charge is -2.33.